The molecule has 2 aromatic rings. The van der Waals surface area contributed by atoms with Gasteiger partial charge in [-0.1, -0.05) is 30.2 Å². The first-order valence-corrected chi connectivity index (χ1v) is 7.52. The molecule has 1 aromatic carbocycles. The first-order chi connectivity index (χ1) is 10.2. The minimum Gasteiger partial charge on any atom is -0.451 e. The first-order valence-electron chi connectivity index (χ1n) is 7.15. The molecule has 0 radical (unpaired) electrons. The molecule has 0 saturated carbocycles. The van der Waals surface area contributed by atoms with Crippen LogP contribution in [-0.2, 0) is 0 Å². The van der Waals surface area contributed by atoms with Gasteiger partial charge < -0.3 is 4.42 Å². The van der Waals surface area contributed by atoms with E-state index >= 15 is 0 Å². The van der Waals surface area contributed by atoms with Gasteiger partial charge in [-0.25, -0.2) is 5.01 Å². The number of halogens is 1. The van der Waals surface area contributed by atoms with E-state index < -0.39 is 0 Å². The maximum atomic E-state index is 12.2. The van der Waals surface area contributed by atoms with E-state index in [0.29, 0.717) is 16.5 Å². The van der Waals surface area contributed by atoms with E-state index in [2.05, 4.69) is 5.43 Å². The van der Waals surface area contributed by atoms with E-state index in [9.17, 15) is 4.79 Å². The average molecular weight is 305 g/mol. The van der Waals surface area contributed by atoms with Gasteiger partial charge in [0, 0.05) is 18.7 Å². The normalized spacial score (nSPS) is 15.9. The summed E-state index contributed by atoms with van der Waals surface area (Å²) in [5.41, 5.74) is 3.67. The van der Waals surface area contributed by atoms with E-state index in [1.54, 1.807) is 18.2 Å². The molecule has 0 spiro atoms. The van der Waals surface area contributed by atoms with E-state index in [-0.39, 0.29) is 5.91 Å². The van der Waals surface area contributed by atoms with E-state index in [1.807, 2.05) is 23.2 Å². The zero-order valence-corrected chi connectivity index (χ0v) is 12.4. The van der Waals surface area contributed by atoms with Crippen LogP contribution in [0.4, 0.5) is 0 Å². The number of carbonyl (C=O) groups excluding carboxylic acids is 1. The fourth-order valence-electron chi connectivity index (χ4n) is 2.47. The van der Waals surface area contributed by atoms with Gasteiger partial charge in [-0.15, -0.1) is 0 Å². The molecule has 2 heterocycles. The molecule has 1 aliphatic rings. The second-order valence-electron chi connectivity index (χ2n) is 5.13. The van der Waals surface area contributed by atoms with E-state index in [4.69, 9.17) is 16.0 Å². The van der Waals surface area contributed by atoms with Crippen LogP contribution in [0.25, 0.3) is 11.3 Å². The highest BCUT2D eigenvalue weighted by molar-refractivity contribution is 6.33. The maximum absolute atomic E-state index is 12.2. The highest BCUT2D eigenvalue weighted by atomic mass is 35.5. The van der Waals surface area contributed by atoms with Crippen molar-refractivity contribution in [1.82, 2.24) is 10.4 Å². The van der Waals surface area contributed by atoms with E-state index in [0.717, 1.165) is 31.5 Å². The summed E-state index contributed by atoms with van der Waals surface area (Å²) in [7, 11) is 0. The lowest BCUT2D eigenvalue weighted by Crippen LogP contribution is -2.44. The summed E-state index contributed by atoms with van der Waals surface area (Å²) in [4.78, 5) is 12.2. The number of piperidine rings is 1. The fraction of sp³-hybridized carbons (Fsp3) is 0.312. The summed E-state index contributed by atoms with van der Waals surface area (Å²) in [6, 6.07) is 10.9. The van der Waals surface area contributed by atoms with Crippen LogP contribution in [0.3, 0.4) is 0 Å². The quantitative estimate of drug-likeness (QED) is 0.939. The smallest absolute Gasteiger partial charge is 0.301 e. The SMILES string of the molecule is O=C(NN1CCCCC1)c1ccc(-c2ccccc2Cl)o1. The van der Waals surface area contributed by atoms with Crippen LogP contribution >= 0.6 is 11.6 Å². The van der Waals surface area contributed by atoms with Crippen molar-refractivity contribution in [3.8, 4) is 11.3 Å². The summed E-state index contributed by atoms with van der Waals surface area (Å²) >= 11 is 6.13. The van der Waals surface area contributed by atoms with Gasteiger partial charge in [0.15, 0.2) is 5.76 Å². The Balaban J connectivity index is 1.72. The van der Waals surface area contributed by atoms with Crippen LogP contribution < -0.4 is 5.43 Å². The van der Waals surface area contributed by atoms with Crippen LogP contribution in [0.2, 0.25) is 5.02 Å². The molecule has 110 valence electrons. The maximum Gasteiger partial charge on any atom is 0.301 e. The Morgan fingerprint density at radius 1 is 1.10 bits per heavy atom. The second-order valence-corrected chi connectivity index (χ2v) is 5.54. The summed E-state index contributed by atoms with van der Waals surface area (Å²) in [6.45, 7) is 1.79. The number of hydrogen-bond acceptors (Lipinski definition) is 3. The molecule has 1 aromatic heterocycles. The molecule has 5 heteroatoms. The number of benzene rings is 1. The lowest BCUT2D eigenvalue weighted by Gasteiger charge is -2.26. The molecule has 4 nitrogen and oxygen atoms in total. The van der Waals surface area contributed by atoms with Crippen LogP contribution in [0.15, 0.2) is 40.8 Å². The lowest BCUT2D eigenvalue weighted by atomic mass is 10.2. The van der Waals surface area contributed by atoms with Crippen molar-refractivity contribution in [2.24, 2.45) is 0 Å². The Labute approximate surface area is 128 Å². The first kappa shape index (κ1) is 14.2. The highest BCUT2D eigenvalue weighted by Gasteiger charge is 2.17. The second kappa shape index (κ2) is 6.33. The van der Waals surface area contributed by atoms with Gasteiger partial charge in [-0.3, -0.25) is 10.2 Å². The number of hydrogen-bond donors (Lipinski definition) is 1. The molecule has 1 saturated heterocycles. The molecule has 1 fully saturated rings. The van der Waals surface area contributed by atoms with Crippen molar-refractivity contribution < 1.29 is 9.21 Å². The van der Waals surface area contributed by atoms with Crippen molar-refractivity contribution in [3.63, 3.8) is 0 Å². The highest BCUT2D eigenvalue weighted by Crippen LogP contribution is 2.29. The Bertz CT molecular complexity index is 633. The number of amides is 1. The third-order valence-corrected chi connectivity index (χ3v) is 3.91. The summed E-state index contributed by atoms with van der Waals surface area (Å²) in [5, 5.41) is 2.55. The predicted octanol–water partition coefficient (Wildman–Crippen LogP) is 3.73. The molecule has 21 heavy (non-hydrogen) atoms. The van der Waals surface area contributed by atoms with Crippen molar-refractivity contribution in [2.75, 3.05) is 13.1 Å². The third kappa shape index (κ3) is 3.28. The molecule has 3 rings (SSSR count). The van der Waals surface area contributed by atoms with Crippen molar-refractivity contribution in [3.05, 3.63) is 47.2 Å². The van der Waals surface area contributed by atoms with Crippen LogP contribution in [0, 0.1) is 0 Å². The summed E-state index contributed by atoms with van der Waals surface area (Å²) in [6.07, 6.45) is 3.45. The Morgan fingerprint density at radius 2 is 1.86 bits per heavy atom. The van der Waals surface area contributed by atoms with Crippen LogP contribution in [0.1, 0.15) is 29.8 Å². The van der Waals surface area contributed by atoms with Gasteiger partial charge >= 0.3 is 5.91 Å². The molecule has 0 bridgehead atoms. The van der Waals surface area contributed by atoms with Gasteiger partial charge in [0.2, 0.25) is 0 Å². The van der Waals surface area contributed by atoms with Gasteiger partial charge in [0.1, 0.15) is 5.76 Å². The molecule has 1 amide bonds. The predicted molar refractivity (Wildman–Crippen MR) is 82.0 cm³/mol. The van der Waals surface area contributed by atoms with Gasteiger partial charge in [0.05, 0.1) is 5.02 Å². The lowest BCUT2D eigenvalue weighted by molar-refractivity contribution is 0.0722. The van der Waals surface area contributed by atoms with Gasteiger partial charge in [0.25, 0.3) is 0 Å². The zero-order chi connectivity index (χ0) is 14.7. The largest absolute Gasteiger partial charge is 0.451 e. The van der Waals surface area contributed by atoms with Crippen molar-refractivity contribution in [1.29, 1.82) is 0 Å². The topological polar surface area (TPSA) is 45.5 Å². The van der Waals surface area contributed by atoms with E-state index in [1.165, 1.54) is 6.42 Å². The average Bonchev–Trinajstić information content (AvgIpc) is 2.98. The fourth-order valence-corrected chi connectivity index (χ4v) is 2.70. The number of hydrazine groups is 1. The number of carbonyl (C=O) groups is 1. The summed E-state index contributed by atoms with van der Waals surface area (Å²) in [5.74, 6) is 0.690. The Morgan fingerprint density at radius 3 is 2.62 bits per heavy atom. The van der Waals surface area contributed by atoms with Crippen molar-refractivity contribution >= 4 is 17.5 Å². The monoisotopic (exact) mass is 304 g/mol. The molecule has 1 N–H and O–H groups in total. The standard InChI is InChI=1S/C16H17ClN2O2/c17-13-7-3-2-6-12(13)14-8-9-15(21-14)16(20)18-19-10-4-1-5-11-19/h2-3,6-9H,1,4-5,10-11H2,(H,18,20). The van der Waals surface area contributed by atoms with Crippen LogP contribution in [0.5, 0.6) is 0 Å². The molecule has 0 unspecified atom stereocenters. The molecule has 1 aliphatic heterocycles. The number of nitrogens with zero attached hydrogens (tertiary/aromatic N) is 1. The minimum absolute atomic E-state index is 0.213. The molecular weight excluding hydrogens is 288 g/mol. The summed E-state index contributed by atoms with van der Waals surface area (Å²) < 4.78 is 5.63. The Kier molecular flexibility index (Phi) is 4.27. The van der Waals surface area contributed by atoms with Crippen molar-refractivity contribution in [2.45, 2.75) is 19.3 Å². The van der Waals surface area contributed by atoms with Crippen LogP contribution in [-0.4, -0.2) is 24.0 Å². The Hall–Kier alpha value is -1.78. The minimum atomic E-state index is -0.213. The zero-order valence-electron chi connectivity index (χ0n) is 11.6. The third-order valence-electron chi connectivity index (χ3n) is 3.58. The van der Waals surface area contributed by atoms with Gasteiger partial charge in [-0.2, -0.15) is 0 Å². The number of nitrogens with one attached hydrogen (secondary N) is 1. The number of rotatable bonds is 3. The molecular formula is C16H17ClN2O2. The molecule has 0 aliphatic carbocycles. The number of furan rings is 1. The molecule has 0 atom stereocenters. The van der Waals surface area contributed by atoms with Gasteiger partial charge in [-0.05, 0) is 37.1 Å².